The van der Waals surface area contributed by atoms with Gasteiger partial charge in [-0.25, -0.2) is 0 Å². The van der Waals surface area contributed by atoms with Crippen molar-refractivity contribution in [2.75, 3.05) is 13.2 Å². The first-order valence-electron chi connectivity index (χ1n) is 8.98. The second-order valence-corrected chi connectivity index (χ2v) is 6.89. The Morgan fingerprint density at radius 2 is 2.00 bits per heavy atom. The molecule has 1 aliphatic rings. The molecule has 1 aromatic heterocycles. The van der Waals surface area contributed by atoms with Crippen molar-refractivity contribution in [3.8, 4) is 0 Å². The SMILES string of the molecule is Cc1ccc([C@H]2OCCC[C@H]2CNC(=O)Cc2ccc(C)nc2)cc1. The second-order valence-electron chi connectivity index (χ2n) is 6.89. The zero-order valence-corrected chi connectivity index (χ0v) is 15.0. The minimum absolute atomic E-state index is 0.0406. The van der Waals surface area contributed by atoms with Crippen molar-refractivity contribution in [2.45, 2.75) is 39.2 Å². The van der Waals surface area contributed by atoms with Crippen LogP contribution >= 0.6 is 0 Å². The van der Waals surface area contributed by atoms with Crippen LogP contribution in [-0.4, -0.2) is 24.0 Å². The Hall–Kier alpha value is -2.20. The normalized spacial score (nSPS) is 20.2. The van der Waals surface area contributed by atoms with Gasteiger partial charge in [0, 0.05) is 31.0 Å². The van der Waals surface area contributed by atoms with Gasteiger partial charge in [0.1, 0.15) is 0 Å². The molecule has 0 unspecified atom stereocenters. The molecule has 0 spiro atoms. The van der Waals surface area contributed by atoms with Gasteiger partial charge in [0.15, 0.2) is 0 Å². The molecule has 2 aromatic rings. The van der Waals surface area contributed by atoms with E-state index in [0.29, 0.717) is 18.9 Å². The molecular weight excluding hydrogens is 312 g/mol. The van der Waals surface area contributed by atoms with Crippen LogP contribution in [0.4, 0.5) is 0 Å². The van der Waals surface area contributed by atoms with Gasteiger partial charge < -0.3 is 10.1 Å². The third-order valence-corrected chi connectivity index (χ3v) is 4.75. The third kappa shape index (κ3) is 4.89. The number of carbonyl (C=O) groups excluding carboxylic acids is 1. The fourth-order valence-electron chi connectivity index (χ4n) is 3.27. The van der Waals surface area contributed by atoms with Gasteiger partial charge in [-0.05, 0) is 43.9 Å². The van der Waals surface area contributed by atoms with E-state index in [4.69, 9.17) is 4.74 Å². The van der Waals surface area contributed by atoms with Crippen LogP contribution in [0.2, 0.25) is 0 Å². The predicted molar refractivity (Wildman–Crippen MR) is 98.3 cm³/mol. The summed E-state index contributed by atoms with van der Waals surface area (Å²) in [6.45, 7) is 5.47. The Morgan fingerprint density at radius 3 is 2.72 bits per heavy atom. The number of hydrogen-bond donors (Lipinski definition) is 1. The highest BCUT2D eigenvalue weighted by molar-refractivity contribution is 5.78. The third-order valence-electron chi connectivity index (χ3n) is 4.75. The lowest BCUT2D eigenvalue weighted by Gasteiger charge is -2.32. The van der Waals surface area contributed by atoms with E-state index in [1.165, 1.54) is 11.1 Å². The topological polar surface area (TPSA) is 51.2 Å². The maximum atomic E-state index is 12.2. The Labute approximate surface area is 149 Å². The van der Waals surface area contributed by atoms with Crippen molar-refractivity contribution < 1.29 is 9.53 Å². The van der Waals surface area contributed by atoms with Crippen LogP contribution in [0.5, 0.6) is 0 Å². The van der Waals surface area contributed by atoms with Crippen molar-refractivity contribution in [3.63, 3.8) is 0 Å². The Morgan fingerprint density at radius 1 is 1.20 bits per heavy atom. The monoisotopic (exact) mass is 338 g/mol. The summed E-state index contributed by atoms with van der Waals surface area (Å²) in [5, 5.41) is 3.08. The second kappa shape index (κ2) is 8.26. The van der Waals surface area contributed by atoms with Crippen LogP contribution in [0, 0.1) is 19.8 Å². The number of ether oxygens (including phenoxy) is 1. The van der Waals surface area contributed by atoms with E-state index in [0.717, 1.165) is 30.7 Å². The highest BCUT2D eigenvalue weighted by Crippen LogP contribution is 2.33. The Bertz CT molecular complexity index is 695. The van der Waals surface area contributed by atoms with Crippen LogP contribution < -0.4 is 5.32 Å². The summed E-state index contributed by atoms with van der Waals surface area (Å²) >= 11 is 0. The highest BCUT2D eigenvalue weighted by atomic mass is 16.5. The van der Waals surface area contributed by atoms with E-state index in [1.807, 2.05) is 19.1 Å². The number of pyridine rings is 1. The molecule has 0 aliphatic carbocycles. The molecule has 1 saturated heterocycles. The smallest absolute Gasteiger partial charge is 0.224 e. The zero-order valence-electron chi connectivity index (χ0n) is 15.0. The lowest BCUT2D eigenvalue weighted by molar-refractivity contribution is -0.121. The average molecular weight is 338 g/mol. The minimum Gasteiger partial charge on any atom is -0.373 e. The molecule has 0 radical (unpaired) electrons. The van der Waals surface area contributed by atoms with E-state index >= 15 is 0 Å². The van der Waals surface area contributed by atoms with Crippen LogP contribution in [0.1, 0.15) is 41.3 Å². The number of benzene rings is 1. The number of nitrogens with one attached hydrogen (secondary N) is 1. The molecule has 4 nitrogen and oxygen atoms in total. The summed E-state index contributed by atoms with van der Waals surface area (Å²) in [6, 6.07) is 12.4. The molecule has 2 heterocycles. The van der Waals surface area contributed by atoms with Gasteiger partial charge in [0.25, 0.3) is 0 Å². The zero-order chi connectivity index (χ0) is 17.6. The molecule has 1 amide bonds. The van der Waals surface area contributed by atoms with Gasteiger partial charge in [-0.2, -0.15) is 0 Å². The number of hydrogen-bond acceptors (Lipinski definition) is 3. The van der Waals surface area contributed by atoms with Gasteiger partial charge in [-0.15, -0.1) is 0 Å². The molecule has 1 N–H and O–H groups in total. The number of aryl methyl sites for hydroxylation is 2. The summed E-state index contributed by atoms with van der Waals surface area (Å²) in [7, 11) is 0. The van der Waals surface area contributed by atoms with E-state index in [1.54, 1.807) is 6.20 Å². The summed E-state index contributed by atoms with van der Waals surface area (Å²) in [4.78, 5) is 16.5. The molecule has 3 rings (SSSR count). The van der Waals surface area contributed by atoms with Crippen molar-refractivity contribution in [1.29, 1.82) is 0 Å². The summed E-state index contributed by atoms with van der Waals surface area (Å²) in [5.41, 5.74) is 4.35. The first-order valence-corrected chi connectivity index (χ1v) is 8.98. The molecule has 25 heavy (non-hydrogen) atoms. The van der Waals surface area contributed by atoms with Crippen LogP contribution in [0.25, 0.3) is 0 Å². The van der Waals surface area contributed by atoms with Crippen LogP contribution in [0.3, 0.4) is 0 Å². The molecule has 132 valence electrons. The number of aromatic nitrogens is 1. The van der Waals surface area contributed by atoms with Crippen LogP contribution in [0.15, 0.2) is 42.6 Å². The lowest BCUT2D eigenvalue weighted by Crippen LogP contribution is -2.35. The standard InChI is InChI=1S/C21H26N2O2/c1-15-5-9-18(10-6-15)21-19(4-3-11-25-21)14-23-20(24)12-17-8-7-16(2)22-13-17/h5-10,13,19,21H,3-4,11-12,14H2,1-2H3,(H,23,24)/t19-,21+/m0/s1. The predicted octanol–water partition coefficient (Wildman–Crippen LogP) is 3.53. The van der Waals surface area contributed by atoms with E-state index in [9.17, 15) is 4.79 Å². The van der Waals surface area contributed by atoms with Gasteiger partial charge in [-0.1, -0.05) is 35.9 Å². The summed E-state index contributed by atoms with van der Waals surface area (Å²) in [5.74, 6) is 0.357. The van der Waals surface area contributed by atoms with Gasteiger partial charge in [-0.3, -0.25) is 9.78 Å². The number of amides is 1. The fourth-order valence-corrected chi connectivity index (χ4v) is 3.27. The number of nitrogens with zero attached hydrogens (tertiary/aromatic N) is 1. The first kappa shape index (κ1) is 17.6. The summed E-state index contributed by atoms with van der Waals surface area (Å²) in [6.07, 6.45) is 4.33. The largest absolute Gasteiger partial charge is 0.373 e. The van der Waals surface area contributed by atoms with Gasteiger partial charge in [0.2, 0.25) is 5.91 Å². The highest BCUT2D eigenvalue weighted by Gasteiger charge is 2.27. The minimum atomic E-state index is 0.0406. The maximum absolute atomic E-state index is 12.2. The molecule has 1 fully saturated rings. The van der Waals surface area contributed by atoms with E-state index < -0.39 is 0 Å². The molecule has 2 atom stereocenters. The quantitative estimate of drug-likeness (QED) is 0.907. The molecular formula is C21H26N2O2. The molecule has 4 heteroatoms. The maximum Gasteiger partial charge on any atom is 0.224 e. The Balaban J connectivity index is 1.57. The van der Waals surface area contributed by atoms with Crippen molar-refractivity contribution in [3.05, 3.63) is 65.0 Å². The fraction of sp³-hybridized carbons (Fsp3) is 0.429. The molecule has 1 aromatic carbocycles. The van der Waals surface area contributed by atoms with E-state index in [-0.39, 0.29) is 12.0 Å². The molecule has 1 aliphatic heterocycles. The van der Waals surface area contributed by atoms with Crippen molar-refractivity contribution in [1.82, 2.24) is 10.3 Å². The number of rotatable bonds is 5. The first-order chi connectivity index (χ1) is 12.1. The lowest BCUT2D eigenvalue weighted by atomic mass is 9.89. The van der Waals surface area contributed by atoms with Gasteiger partial charge in [0.05, 0.1) is 12.5 Å². The van der Waals surface area contributed by atoms with E-state index in [2.05, 4.69) is 41.5 Å². The van der Waals surface area contributed by atoms with Gasteiger partial charge >= 0.3 is 0 Å². The van der Waals surface area contributed by atoms with Crippen molar-refractivity contribution >= 4 is 5.91 Å². The van der Waals surface area contributed by atoms with Crippen molar-refractivity contribution in [2.24, 2.45) is 5.92 Å². The average Bonchev–Trinajstić information content (AvgIpc) is 2.63. The Kier molecular flexibility index (Phi) is 5.82. The summed E-state index contributed by atoms with van der Waals surface area (Å²) < 4.78 is 6.02. The number of carbonyl (C=O) groups is 1. The molecule has 0 saturated carbocycles. The molecule has 0 bridgehead atoms. The van der Waals surface area contributed by atoms with Crippen LogP contribution in [-0.2, 0) is 16.0 Å².